The number of hydrogen-bond acceptors (Lipinski definition) is 3. The van der Waals surface area contributed by atoms with E-state index in [1.807, 2.05) is 0 Å². The molecule has 13 heavy (non-hydrogen) atoms. The van der Waals surface area contributed by atoms with Gasteiger partial charge >= 0.3 is 0 Å². The largest absolute Gasteiger partial charge is 0.316 e. The number of nitrogens with zero attached hydrogens (tertiary/aromatic N) is 1. The van der Waals surface area contributed by atoms with Crippen molar-refractivity contribution in [3.63, 3.8) is 0 Å². The van der Waals surface area contributed by atoms with E-state index in [4.69, 9.17) is 0 Å². The van der Waals surface area contributed by atoms with Gasteiger partial charge in [0.2, 0.25) is 0 Å². The van der Waals surface area contributed by atoms with E-state index in [2.05, 4.69) is 33.2 Å². The van der Waals surface area contributed by atoms with Gasteiger partial charge in [0, 0.05) is 12.5 Å². The molecule has 1 aromatic rings. The molecule has 72 valence electrons. The van der Waals surface area contributed by atoms with Crippen molar-refractivity contribution in [3.05, 3.63) is 14.5 Å². The summed E-state index contributed by atoms with van der Waals surface area (Å²) in [6.07, 6.45) is 2.56. The first kappa shape index (κ1) is 9.62. The summed E-state index contributed by atoms with van der Waals surface area (Å²) in [6, 6.07) is 0. The highest BCUT2D eigenvalue weighted by Crippen LogP contribution is 2.31. The molecule has 1 saturated heterocycles. The maximum Gasteiger partial charge on any atom is 0.0983 e. The Bertz CT molecular complexity index is 272. The number of rotatable bonds is 1. The lowest BCUT2D eigenvalue weighted by molar-refractivity contribution is 0.460. The first-order valence-corrected chi connectivity index (χ1v) is 6.22. The van der Waals surface area contributed by atoms with Crippen molar-refractivity contribution >= 4 is 27.3 Å². The van der Waals surface area contributed by atoms with Gasteiger partial charge in [-0.2, -0.15) is 0 Å². The average Bonchev–Trinajstić information content (AvgIpc) is 2.49. The molecule has 1 aliphatic heterocycles. The molecule has 0 saturated carbocycles. The average molecular weight is 261 g/mol. The van der Waals surface area contributed by atoms with Crippen molar-refractivity contribution in [3.8, 4) is 0 Å². The van der Waals surface area contributed by atoms with E-state index >= 15 is 0 Å². The molecule has 2 nitrogen and oxygen atoms in total. The monoisotopic (exact) mass is 260 g/mol. The lowest BCUT2D eigenvalue weighted by Crippen LogP contribution is -2.28. The number of aryl methyl sites for hydroxylation is 1. The molecule has 1 fully saturated rings. The molecule has 2 heterocycles. The van der Waals surface area contributed by atoms with Crippen LogP contribution in [0.1, 0.15) is 29.5 Å². The first-order valence-electron chi connectivity index (χ1n) is 4.61. The third-order valence-electron chi connectivity index (χ3n) is 2.40. The van der Waals surface area contributed by atoms with E-state index in [0.29, 0.717) is 5.92 Å². The van der Waals surface area contributed by atoms with Crippen LogP contribution in [0.15, 0.2) is 3.79 Å². The van der Waals surface area contributed by atoms with Gasteiger partial charge in [-0.1, -0.05) is 0 Å². The van der Waals surface area contributed by atoms with Crippen molar-refractivity contribution in [2.75, 3.05) is 13.1 Å². The van der Waals surface area contributed by atoms with E-state index in [9.17, 15) is 0 Å². The van der Waals surface area contributed by atoms with Crippen molar-refractivity contribution in [1.82, 2.24) is 10.3 Å². The topological polar surface area (TPSA) is 24.9 Å². The molecule has 0 aliphatic carbocycles. The second-order valence-corrected chi connectivity index (χ2v) is 5.80. The van der Waals surface area contributed by atoms with Gasteiger partial charge in [-0.25, -0.2) is 4.98 Å². The molecule has 0 radical (unpaired) electrons. The van der Waals surface area contributed by atoms with Crippen LogP contribution in [0.4, 0.5) is 0 Å². The van der Waals surface area contributed by atoms with E-state index in [-0.39, 0.29) is 0 Å². The zero-order chi connectivity index (χ0) is 9.26. The highest BCUT2D eigenvalue weighted by atomic mass is 79.9. The van der Waals surface area contributed by atoms with Crippen LogP contribution >= 0.6 is 27.3 Å². The molecule has 0 amide bonds. The molecule has 4 heteroatoms. The van der Waals surface area contributed by atoms with E-state index in [1.54, 1.807) is 11.3 Å². The Balaban J connectivity index is 2.14. The molecular formula is C9H13BrN2S. The summed E-state index contributed by atoms with van der Waals surface area (Å²) in [7, 11) is 0. The molecule has 1 N–H and O–H groups in total. The standard InChI is InChI=1S/C9H13BrN2S/c1-6-8(10)13-9(12-6)7-3-2-4-11-5-7/h7,11H,2-5H2,1H3. The second kappa shape index (κ2) is 4.07. The molecular weight excluding hydrogens is 248 g/mol. The van der Waals surface area contributed by atoms with Gasteiger partial charge in [0.25, 0.3) is 0 Å². The zero-order valence-corrected chi connectivity index (χ0v) is 10.0. The fraction of sp³-hybridized carbons (Fsp3) is 0.667. The van der Waals surface area contributed by atoms with Crippen molar-refractivity contribution in [1.29, 1.82) is 0 Å². The fourth-order valence-electron chi connectivity index (χ4n) is 1.63. The quantitative estimate of drug-likeness (QED) is 0.840. The molecule has 1 unspecified atom stereocenters. The number of halogens is 1. The van der Waals surface area contributed by atoms with E-state index in [0.717, 1.165) is 12.2 Å². The first-order chi connectivity index (χ1) is 6.27. The lowest BCUT2D eigenvalue weighted by atomic mass is 10.0. The van der Waals surface area contributed by atoms with E-state index in [1.165, 1.54) is 28.2 Å². The Kier molecular flexibility index (Phi) is 3.01. The maximum absolute atomic E-state index is 4.57. The van der Waals surface area contributed by atoms with Gasteiger partial charge in [-0.05, 0) is 42.2 Å². The van der Waals surface area contributed by atoms with Gasteiger partial charge in [0.15, 0.2) is 0 Å². The minimum Gasteiger partial charge on any atom is -0.316 e. The number of piperidine rings is 1. The molecule has 1 aliphatic rings. The van der Waals surface area contributed by atoms with Gasteiger partial charge < -0.3 is 5.32 Å². The van der Waals surface area contributed by atoms with Crippen molar-refractivity contribution < 1.29 is 0 Å². The predicted octanol–water partition coefficient (Wildman–Crippen LogP) is 2.68. The molecule has 0 aromatic carbocycles. The number of aromatic nitrogens is 1. The highest BCUT2D eigenvalue weighted by molar-refractivity contribution is 9.11. The summed E-state index contributed by atoms with van der Waals surface area (Å²) in [6.45, 7) is 4.32. The summed E-state index contributed by atoms with van der Waals surface area (Å²) < 4.78 is 1.19. The highest BCUT2D eigenvalue weighted by Gasteiger charge is 2.19. The van der Waals surface area contributed by atoms with Crippen LogP contribution in [-0.2, 0) is 0 Å². The van der Waals surface area contributed by atoms with Crippen molar-refractivity contribution in [2.24, 2.45) is 0 Å². The predicted molar refractivity (Wildman–Crippen MR) is 59.4 cm³/mol. The minimum atomic E-state index is 0.642. The van der Waals surface area contributed by atoms with Crippen LogP contribution in [-0.4, -0.2) is 18.1 Å². The maximum atomic E-state index is 4.57. The normalized spacial score (nSPS) is 23.4. The Morgan fingerprint density at radius 1 is 1.62 bits per heavy atom. The van der Waals surface area contributed by atoms with Gasteiger partial charge in [0.05, 0.1) is 14.5 Å². The Morgan fingerprint density at radius 2 is 2.46 bits per heavy atom. The summed E-state index contributed by atoms with van der Waals surface area (Å²) in [5, 5.41) is 4.70. The third-order valence-corrected chi connectivity index (χ3v) is 4.57. The molecule has 1 aromatic heterocycles. The van der Waals surface area contributed by atoms with Gasteiger partial charge in [-0.3, -0.25) is 0 Å². The lowest BCUT2D eigenvalue weighted by Gasteiger charge is -2.20. The summed E-state index contributed by atoms with van der Waals surface area (Å²) >= 11 is 5.30. The summed E-state index contributed by atoms with van der Waals surface area (Å²) in [5.41, 5.74) is 1.13. The van der Waals surface area contributed by atoms with Crippen LogP contribution in [0.5, 0.6) is 0 Å². The van der Waals surface area contributed by atoms with Gasteiger partial charge in [-0.15, -0.1) is 11.3 Å². The number of nitrogens with one attached hydrogen (secondary N) is 1. The summed E-state index contributed by atoms with van der Waals surface area (Å²) in [4.78, 5) is 4.57. The van der Waals surface area contributed by atoms with Crippen LogP contribution < -0.4 is 5.32 Å². The Labute approximate surface area is 90.9 Å². The smallest absolute Gasteiger partial charge is 0.0983 e. The fourth-order valence-corrected chi connectivity index (χ4v) is 3.15. The SMILES string of the molecule is Cc1nc(C2CCCNC2)sc1Br. The van der Waals surface area contributed by atoms with Crippen LogP contribution in [0, 0.1) is 6.92 Å². The summed E-state index contributed by atoms with van der Waals surface area (Å²) in [5.74, 6) is 0.642. The van der Waals surface area contributed by atoms with Crippen LogP contribution in [0.25, 0.3) is 0 Å². The van der Waals surface area contributed by atoms with Gasteiger partial charge in [0.1, 0.15) is 0 Å². The van der Waals surface area contributed by atoms with Crippen LogP contribution in [0.3, 0.4) is 0 Å². The zero-order valence-electron chi connectivity index (χ0n) is 7.64. The number of hydrogen-bond donors (Lipinski definition) is 1. The van der Waals surface area contributed by atoms with E-state index < -0.39 is 0 Å². The number of thiazole rings is 1. The molecule has 1 atom stereocenters. The Morgan fingerprint density at radius 3 is 3.00 bits per heavy atom. The van der Waals surface area contributed by atoms with Crippen LogP contribution in [0.2, 0.25) is 0 Å². The van der Waals surface area contributed by atoms with Crippen molar-refractivity contribution in [2.45, 2.75) is 25.7 Å². The minimum absolute atomic E-state index is 0.642. The molecule has 2 rings (SSSR count). The Hall–Kier alpha value is 0.0700. The second-order valence-electron chi connectivity index (χ2n) is 3.45. The third kappa shape index (κ3) is 2.11. The molecule has 0 spiro atoms. The molecule has 0 bridgehead atoms.